The quantitative estimate of drug-likeness (QED) is 0.769. The van der Waals surface area contributed by atoms with Crippen LogP contribution in [0.4, 0.5) is 5.69 Å². The van der Waals surface area contributed by atoms with Crippen molar-refractivity contribution in [3.8, 4) is 11.1 Å². The number of anilines is 1. The summed E-state index contributed by atoms with van der Waals surface area (Å²) in [5.41, 5.74) is 3.79. The minimum atomic E-state index is 0.572. The standard InChI is InChI=1S/C19H23N/c1-15(14-16-6-5-7-16)20-19-12-10-18(11-13-19)17-8-3-2-4-9-17/h2-4,8-13,15-16,20H,5-7,14H2,1H3. The third-order valence-electron chi connectivity index (χ3n) is 4.32. The van der Waals surface area contributed by atoms with Crippen LogP contribution >= 0.6 is 0 Å². The second kappa shape index (κ2) is 6.13. The lowest BCUT2D eigenvalue weighted by Crippen LogP contribution is -2.23. The highest BCUT2D eigenvalue weighted by Crippen LogP contribution is 2.31. The molecule has 0 saturated heterocycles. The molecule has 104 valence electrons. The molecule has 1 saturated carbocycles. The molecule has 0 spiro atoms. The molecule has 2 aromatic carbocycles. The zero-order valence-electron chi connectivity index (χ0n) is 12.2. The topological polar surface area (TPSA) is 12.0 Å². The summed E-state index contributed by atoms with van der Waals surface area (Å²) in [6, 6.07) is 19.9. The molecular formula is C19H23N. The molecule has 1 unspecified atom stereocenters. The van der Waals surface area contributed by atoms with Gasteiger partial charge in [0.05, 0.1) is 0 Å². The van der Waals surface area contributed by atoms with Crippen molar-refractivity contribution in [2.24, 2.45) is 5.92 Å². The molecule has 1 atom stereocenters. The Bertz CT molecular complexity index is 525. The molecule has 1 aliphatic carbocycles. The molecule has 0 aromatic heterocycles. The van der Waals surface area contributed by atoms with Crippen LogP contribution in [0.5, 0.6) is 0 Å². The summed E-state index contributed by atoms with van der Waals surface area (Å²) in [6.07, 6.45) is 5.60. The molecule has 0 bridgehead atoms. The molecule has 2 aromatic rings. The average molecular weight is 265 g/mol. The van der Waals surface area contributed by atoms with E-state index in [4.69, 9.17) is 0 Å². The van der Waals surface area contributed by atoms with Crippen molar-refractivity contribution < 1.29 is 0 Å². The Morgan fingerprint density at radius 2 is 1.60 bits per heavy atom. The van der Waals surface area contributed by atoms with Gasteiger partial charge in [-0.15, -0.1) is 0 Å². The Morgan fingerprint density at radius 1 is 0.950 bits per heavy atom. The maximum absolute atomic E-state index is 3.62. The van der Waals surface area contributed by atoms with E-state index in [2.05, 4.69) is 66.8 Å². The molecule has 1 fully saturated rings. The van der Waals surface area contributed by atoms with Crippen LogP contribution in [0.2, 0.25) is 0 Å². The predicted octanol–water partition coefficient (Wildman–Crippen LogP) is 5.34. The van der Waals surface area contributed by atoms with E-state index in [1.54, 1.807) is 0 Å². The minimum Gasteiger partial charge on any atom is -0.383 e. The number of nitrogens with one attached hydrogen (secondary N) is 1. The summed E-state index contributed by atoms with van der Waals surface area (Å²) in [5.74, 6) is 0.959. The van der Waals surface area contributed by atoms with Gasteiger partial charge >= 0.3 is 0 Å². The van der Waals surface area contributed by atoms with Gasteiger partial charge in [-0.3, -0.25) is 0 Å². The molecule has 0 heterocycles. The fourth-order valence-corrected chi connectivity index (χ4v) is 2.96. The molecule has 1 aliphatic rings. The molecule has 1 heteroatoms. The van der Waals surface area contributed by atoms with Crippen molar-refractivity contribution in [1.29, 1.82) is 0 Å². The van der Waals surface area contributed by atoms with Crippen molar-refractivity contribution in [3.63, 3.8) is 0 Å². The lowest BCUT2D eigenvalue weighted by atomic mass is 9.81. The van der Waals surface area contributed by atoms with Gasteiger partial charge in [0.1, 0.15) is 0 Å². The second-order valence-corrected chi connectivity index (χ2v) is 6.02. The van der Waals surface area contributed by atoms with Crippen molar-refractivity contribution in [2.45, 2.75) is 38.6 Å². The van der Waals surface area contributed by atoms with Gasteiger partial charge in [-0.1, -0.05) is 61.7 Å². The van der Waals surface area contributed by atoms with Crippen molar-refractivity contribution in [1.82, 2.24) is 0 Å². The van der Waals surface area contributed by atoms with E-state index in [1.807, 2.05) is 0 Å². The summed E-state index contributed by atoms with van der Waals surface area (Å²) < 4.78 is 0. The van der Waals surface area contributed by atoms with E-state index in [1.165, 1.54) is 42.5 Å². The van der Waals surface area contributed by atoms with Crippen LogP contribution < -0.4 is 5.32 Å². The van der Waals surface area contributed by atoms with Crippen LogP contribution in [0, 0.1) is 5.92 Å². The van der Waals surface area contributed by atoms with Gasteiger partial charge in [-0.05, 0) is 42.5 Å². The highest BCUT2D eigenvalue weighted by atomic mass is 14.9. The van der Waals surface area contributed by atoms with Gasteiger partial charge in [-0.2, -0.15) is 0 Å². The van der Waals surface area contributed by atoms with Crippen molar-refractivity contribution >= 4 is 5.69 Å². The molecule has 20 heavy (non-hydrogen) atoms. The Hall–Kier alpha value is -1.76. The predicted molar refractivity (Wildman–Crippen MR) is 86.9 cm³/mol. The van der Waals surface area contributed by atoms with Crippen LogP contribution in [-0.2, 0) is 0 Å². The highest BCUT2D eigenvalue weighted by molar-refractivity contribution is 5.65. The summed E-state index contributed by atoms with van der Waals surface area (Å²) >= 11 is 0. The van der Waals surface area contributed by atoms with Crippen molar-refractivity contribution in [2.75, 3.05) is 5.32 Å². The number of rotatable bonds is 5. The van der Waals surface area contributed by atoms with Gasteiger partial charge in [0.2, 0.25) is 0 Å². The maximum atomic E-state index is 3.62. The van der Waals surface area contributed by atoms with E-state index in [9.17, 15) is 0 Å². The Labute approximate surface area is 122 Å². The first-order chi connectivity index (χ1) is 9.81. The van der Waals surface area contributed by atoms with E-state index in [-0.39, 0.29) is 0 Å². The average Bonchev–Trinajstić information content (AvgIpc) is 2.45. The van der Waals surface area contributed by atoms with E-state index in [0.717, 1.165) is 5.92 Å². The van der Waals surface area contributed by atoms with Gasteiger partial charge in [-0.25, -0.2) is 0 Å². The number of benzene rings is 2. The van der Waals surface area contributed by atoms with Gasteiger partial charge in [0, 0.05) is 11.7 Å². The maximum Gasteiger partial charge on any atom is 0.0342 e. The third kappa shape index (κ3) is 3.22. The van der Waals surface area contributed by atoms with Crippen molar-refractivity contribution in [3.05, 3.63) is 54.6 Å². The van der Waals surface area contributed by atoms with Crippen LogP contribution in [0.25, 0.3) is 11.1 Å². The largest absolute Gasteiger partial charge is 0.383 e. The molecule has 1 nitrogen and oxygen atoms in total. The highest BCUT2D eigenvalue weighted by Gasteiger charge is 2.19. The molecule has 3 rings (SSSR count). The zero-order valence-corrected chi connectivity index (χ0v) is 12.2. The summed E-state index contributed by atoms with van der Waals surface area (Å²) in [5, 5.41) is 3.62. The SMILES string of the molecule is CC(CC1CCC1)Nc1ccc(-c2ccccc2)cc1. The third-order valence-corrected chi connectivity index (χ3v) is 4.32. The molecule has 1 N–H and O–H groups in total. The fourth-order valence-electron chi connectivity index (χ4n) is 2.96. The molecular weight excluding hydrogens is 242 g/mol. The van der Waals surface area contributed by atoms with E-state index in [0.29, 0.717) is 6.04 Å². The summed E-state index contributed by atoms with van der Waals surface area (Å²) in [4.78, 5) is 0. The first-order valence-corrected chi connectivity index (χ1v) is 7.73. The summed E-state index contributed by atoms with van der Waals surface area (Å²) in [7, 11) is 0. The van der Waals surface area contributed by atoms with Crippen LogP contribution in [-0.4, -0.2) is 6.04 Å². The number of hydrogen-bond donors (Lipinski definition) is 1. The van der Waals surface area contributed by atoms with Gasteiger partial charge in [0.15, 0.2) is 0 Å². The van der Waals surface area contributed by atoms with Crippen LogP contribution in [0.15, 0.2) is 54.6 Å². The van der Waals surface area contributed by atoms with E-state index >= 15 is 0 Å². The molecule has 0 radical (unpaired) electrons. The minimum absolute atomic E-state index is 0.572. The Morgan fingerprint density at radius 3 is 2.20 bits per heavy atom. The smallest absolute Gasteiger partial charge is 0.0342 e. The van der Waals surface area contributed by atoms with Gasteiger partial charge < -0.3 is 5.32 Å². The van der Waals surface area contributed by atoms with Gasteiger partial charge in [0.25, 0.3) is 0 Å². The molecule has 0 amide bonds. The first-order valence-electron chi connectivity index (χ1n) is 7.73. The first kappa shape index (κ1) is 13.2. The number of hydrogen-bond acceptors (Lipinski definition) is 1. The zero-order chi connectivity index (χ0) is 13.8. The molecule has 0 aliphatic heterocycles. The summed E-state index contributed by atoms with van der Waals surface area (Å²) in [6.45, 7) is 2.30. The lowest BCUT2D eigenvalue weighted by molar-refractivity contribution is 0.286. The normalized spacial score (nSPS) is 16.4. The lowest BCUT2D eigenvalue weighted by Gasteiger charge is -2.28. The Kier molecular flexibility index (Phi) is 4.05. The monoisotopic (exact) mass is 265 g/mol. The van der Waals surface area contributed by atoms with Crippen LogP contribution in [0.1, 0.15) is 32.6 Å². The second-order valence-electron chi connectivity index (χ2n) is 6.02. The fraction of sp³-hybridized carbons (Fsp3) is 0.368. The Balaban J connectivity index is 1.61. The van der Waals surface area contributed by atoms with Crippen LogP contribution in [0.3, 0.4) is 0 Å². The van der Waals surface area contributed by atoms with E-state index < -0.39 is 0 Å².